The summed E-state index contributed by atoms with van der Waals surface area (Å²) in [5, 5.41) is 9.05. The Morgan fingerprint density at radius 3 is 2.83 bits per heavy atom. The third-order valence-corrected chi connectivity index (χ3v) is 2.32. The molecule has 12 heavy (non-hydrogen) atoms. The second-order valence-electron chi connectivity index (χ2n) is 2.30. The number of hydrogen-bond acceptors (Lipinski definition) is 2. The van der Waals surface area contributed by atoms with Gasteiger partial charge in [0.25, 0.3) is 0 Å². The van der Waals surface area contributed by atoms with Gasteiger partial charge < -0.3 is 5.73 Å². The number of nitrogens with two attached hydrogens (primary N) is 1. The number of hydrogen-bond donors (Lipinski definition) is 1. The molecule has 62 valence electrons. The van der Waals surface area contributed by atoms with Crippen LogP contribution < -0.4 is 5.73 Å². The third kappa shape index (κ3) is 1.90. The Morgan fingerprint density at radius 1 is 1.58 bits per heavy atom. The lowest BCUT2D eigenvalue weighted by Crippen LogP contribution is -1.94. The maximum absolute atomic E-state index is 8.46. The molecular weight excluding hydrogens is 239 g/mol. The van der Waals surface area contributed by atoms with E-state index in [4.69, 9.17) is 22.6 Å². The first-order valence-electron chi connectivity index (χ1n) is 3.25. The lowest BCUT2D eigenvalue weighted by molar-refractivity contribution is 1.26. The van der Waals surface area contributed by atoms with Gasteiger partial charge in [-0.1, -0.05) is 11.6 Å². The third-order valence-electron chi connectivity index (χ3n) is 1.45. The number of nitrogens with zero attached hydrogens (tertiary/aromatic N) is 1. The summed E-state index contributed by atoms with van der Waals surface area (Å²) in [5.74, 6) is 0. The van der Waals surface area contributed by atoms with Crippen molar-refractivity contribution in [1.82, 2.24) is 0 Å². The topological polar surface area (TPSA) is 49.8 Å². The van der Waals surface area contributed by atoms with Crippen molar-refractivity contribution in [2.75, 3.05) is 5.73 Å². The highest BCUT2D eigenvalue weighted by atomic mass is 79.9. The van der Waals surface area contributed by atoms with E-state index in [0.29, 0.717) is 10.7 Å². The Labute approximate surface area is 84.1 Å². The number of halogens is 2. The van der Waals surface area contributed by atoms with Crippen LogP contribution in [0.3, 0.4) is 0 Å². The molecule has 0 aliphatic carbocycles. The molecule has 1 rings (SSSR count). The van der Waals surface area contributed by atoms with Gasteiger partial charge in [-0.2, -0.15) is 5.26 Å². The number of anilines is 1. The normalized spacial score (nSPS) is 9.42. The Balaban J connectivity index is 3.20. The van der Waals surface area contributed by atoms with Crippen LogP contribution in [0, 0.1) is 11.3 Å². The molecule has 2 nitrogen and oxygen atoms in total. The molecule has 1 aromatic rings. The molecule has 0 fully saturated rings. The standard InChI is InChI=1S/C8H6BrClN2/c9-7-4-6(10)3-5(1-2-11)8(7)12/h3-4H,1,12H2. The highest BCUT2D eigenvalue weighted by Crippen LogP contribution is 2.27. The molecule has 0 atom stereocenters. The first-order valence-corrected chi connectivity index (χ1v) is 4.42. The zero-order valence-electron chi connectivity index (χ0n) is 6.14. The molecule has 0 aliphatic rings. The van der Waals surface area contributed by atoms with Gasteiger partial charge in [0.05, 0.1) is 18.2 Å². The summed E-state index contributed by atoms with van der Waals surface area (Å²) in [5.41, 5.74) is 7.03. The van der Waals surface area contributed by atoms with Crippen LogP contribution >= 0.6 is 27.5 Å². The number of benzene rings is 1. The van der Waals surface area contributed by atoms with Crippen molar-refractivity contribution < 1.29 is 0 Å². The minimum Gasteiger partial charge on any atom is -0.398 e. The van der Waals surface area contributed by atoms with Gasteiger partial charge in [-0.05, 0) is 33.6 Å². The second-order valence-corrected chi connectivity index (χ2v) is 3.59. The van der Waals surface area contributed by atoms with Gasteiger partial charge in [-0.15, -0.1) is 0 Å². The van der Waals surface area contributed by atoms with E-state index in [-0.39, 0.29) is 6.42 Å². The number of nitriles is 1. The SMILES string of the molecule is N#CCc1cc(Cl)cc(Br)c1N. The first-order chi connectivity index (χ1) is 5.65. The summed E-state index contributed by atoms with van der Waals surface area (Å²) in [7, 11) is 0. The molecule has 0 saturated carbocycles. The van der Waals surface area contributed by atoms with Crippen molar-refractivity contribution in [2.24, 2.45) is 0 Å². The highest BCUT2D eigenvalue weighted by molar-refractivity contribution is 9.10. The average Bonchev–Trinajstić information content (AvgIpc) is 2.00. The predicted octanol–water partition coefficient (Wildman–Crippen LogP) is 2.75. The van der Waals surface area contributed by atoms with Crippen molar-refractivity contribution in [3.63, 3.8) is 0 Å². The van der Waals surface area contributed by atoms with Gasteiger partial charge in [-0.3, -0.25) is 0 Å². The summed E-state index contributed by atoms with van der Waals surface area (Å²) in [6.07, 6.45) is 0.283. The monoisotopic (exact) mass is 244 g/mol. The zero-order chi connectivity index (χ0) is 9.14. The maximum atomic E-state index is 8.46. The van der Waals surface area contributed by atoms with Gasteiger partial charge in [-0.25, -0.2) is 0 Å². The van der Waals surface area contributed by atoms with Gasteiger partial charge in [0.2, 0.25) is 0 Å². The Bertz CT molecular complexity index is 344. The van der Waals surface area contributed by atoms with E-state index < -0.39 is 0 Å². The molecule has 0 saturated heterocycles. The van der Waals surface area contributed by atoms with E-state index in [1.165, 1.54) is 0 Å². The molecule has 0 spiro atoms. The maximum Gasteiger partial charge on any atom is 0.0670 e. The van der Waals surface area contributed by atoms with Crippen LogP contribution in [0.5, 0.6) is 0 Å². The molecule has 0 heterocycles. The van der Waals surface area contributed by atoms with Crippen LogP contribution in [0.1, 0.15) is 5.56 Å². The van der Waals surface area contributed by atoms with Crippen molar-refractivity contribution >= 4 is 33.2 Å². The van der Waals surface area contributed by atoms with Gasteiger partial charge in [0.15, 0.2) is 0 Å². The molecule has 2 N–H and O–H groups in total. The van der Waals surface area contributed by atoms with E-state index >= 15 is 0 Å². The minimum atomic E-state index is 0.283. The van der Waals surface area contributed by atoms with Crippen LogP contribution in [-0.2, 0) is 6.42 Å². The lowest BCUT2D eigenvalue weighted by atomic mass is 10.1. The van der Waals surface area contributed by atoms with Gasteiger partial charge in [0.1, 0.15) is 0 Å². The summed E-state index contributed by atoms with van der Waals surface area (Å²) in [4.78, 5) is 0. The number of rotatable bonds is 1. The van der Waals surface area contributed by atoms with Crippen molar-refractivity contribution in [3.8, 4) is 6.07 Å². The fraction of sp³-hybridized carbons (Fsp3) is 0.125. The molecule has 4 heteroatoms. The van der Waals surface area contributed by atoms with Crippen LogP contribution in [0.15, 0.2) is 16.6 Å². The second kappa shape index (κ2) is 3.79. The van der Waals surface area contributed by atoms with Crippen LogP contribution in [-0.4, -0.2) is 0 Å². The van der Waals surface area contributed by atoms with E-state index in [2.05, 4.69) is 15.9 Å². The fourth-order valence-corrected chi connectivity index (χ4v) is 1.74. The average molecular weight is 246 g/mol. The number of nitrogen functional groups attached to an aromatic ring is 1. The summed E-state index contributed by atoms with van der Waals surface area (Å²) >= 11 is 9.01. The van der Waals surface area contributed by atoms with Gasteiger partial charge in [0, 0.05) is 9.50 Å². The lowest BCUT2D eigenvalue weighted by Gasteiger charge is -2.04. The van der Waals surface area contributed by atoms with Crippen LogP contribution in [0.2, 0.25) is 5.02 Å². The zero-order valence-corrected chi connectivity index (χ0v) is 8.48. The Hall–Kier alpha value is -0.720. The van der Waals surface area contributed by atoms with E-state index in [0.717, 1.165) is 10.0 Å². The van der Waals surface area contributed by atoms with Gasteiger partial charge >= 0.3 is 0 Å². The smallest absolute Gasteiger partial charge is 0.0670 e. The van der Waals surface area contributed by atoms with Crippen LogP contribution in [0.25, 0.3) is 0 Å². The van der Waals surface area contributed by atoms with E-state index in [1.807, 2.05) is 6.07 Å². The molecule has 0 aliphatic heterocycles. The molecule has 1 aromatic carbocycles. The van der Waals surface area contributed by atoms with E-state index in [1.54, 1.807) is 12.1 Å². The van der Waals surface area contributed by atoms with Crippen molar-refractivity contribution in [2.45, 2.75) is 6.42 Å². The molecule has 0 unspecified atom stereocenters. The quantitative estimate of drug-likeness (QED) is 0.774. The molecule has 0 amide bonds. The molecule has 0 aromatic heterocycles. The Kier molecular flexibility index (Phi) is 2.96. The first kappa shape index (κ1) is 9.37. The predicted molar refractivity (Wildman–Crippen MR) is 52.9 cm³/mol. The largest absolute Gasteiger partial charge is 0.398 e. The summed E-state index contributed by atoms with van der Waals surface area (Å²) in [6, 6.07) is 5.43. The van der Waals surface area contributed by atoms with Crippen molar-refractivity contribution in [1.29, 1.82) is 5.26 Å². The Morgan fingerprint density at radius 2 is 2.25 bits per heavy atom. The van der Waals surface area contributed by atoms with Crippen molar-refractivity contribution in [3.05, 3.63) is 27.2 Å². The van der Waals surface area contributed by atoms with E-state index in [9.17, 15) is 0 Å². The molecule has 0 radical (unpaired) electrons. The highest BCUT2D eigenvalue weighted by Gasteiger charge is 2.04. The molecule has 0 bridgehead atoms. The fourth-order valence-electron chi connectivity index (χ4n) is 0.869. The summed E-state index contributed by atoms with van der Waals surface area (Å²) < 4.78 is 0.736. The minimum absolute atomic E-state index is 0.283. The summed E-state index contributed by atoms with van der Waals surface area (Å²) in [6.45, 7) is 0. The molecular formula is C8H6BrClN2. The van der Waals surface area contributed by atoms with Crippen LogP contribution in [0.4, 0.5) is 5.69 Å².